The summed E-state index contributed by atoms with van der Waals surface area (Å²) in [5.41, 5.74) is 2.50. The monoisotopic (exact) mass is 340 g/mol. The molecule has 0 aliphatic heterocycles. The van der Waals surface area contributed by atoms with E-state index in [2.05, 4.69) is 27.7 Å². The molecule has 0 aliphatic carbocycles. The average Bonchev–Trinajstić information content (AvgIpc) is 2.47. The van der Waals surface area contributed by atoms with E-state index in [1.807, 2.05) is 6.07 Å². The molecule has 0 atom stereocenters. The maximum Gasteiger partial charge on any atom is 0.294 e. The zero-order valence-corrected chi connectivity index (χ0v) is 15.9. The summed E-state index contributed by atoms with van der Waals surface area (Å²) in [6, 6.07) is 5.21. The maximum absolute atomic E-state index is 11.5. The van der Waals surface area contributed by atoms with Gasteiger partial charge < -0.3 is 0 Å². The predicted molar refractivity (Wildman–Crippen MR) is 96.7 cm³/mol. The third kappa shape index (κ3) is 5.05. The van der Waals surface area contributed by atoms with Crippen molar-refractivity contribution in [1.82, 2.24) is 0 Å². The van der Waals surface area contributed by atoms with E-state index >= 15 is 0 Å². The fourth-order valence-corrected chi connectivity index (χ4v) is 4.47. The molecule has 0 amide bonds. The van der Waals surface area contributed by atoms with Gasteiger partial charge in [-0.25, -0.2) is 0 Å². The molecule has 0 bridgehead atoms. The first kappa shape index (κ1) is 20.2. The van der Waals surface area contributed by atoms with E-state index < -0.39 is 10.1 Å². The maximum atomic E-state index is 11.5. The van der Waals surface area contributed by atoms with Crippen molar-refractivity contribution >= 4 is 10.1 Å². The van der Waals surface area contributed by atoms with Crippen LogP contribution in [0.5, 0.6) is 0 Å². The number of benzene rings is 1. The van der Waals surface area contributed by atoms with Crippen LogP contribution in [0.3, 0.4) is 0 Å². The van der Waals surface area contributed by atoms with Gasteiger partial charge in [0.2, 0.25) is 0 Å². The van der Waals surface area contributed by atoms with Crippen LogP contribution in [0.15, 0.2) is 23.1 Å². The summed E-state index contributed by atoms with van der Waals surface area (Å²) < 4.78 is 32.3. The molecule has 132 valence electrons. The topological polar surface area (TPSA) is 54.4 Å². The van der Waals surface area contributed by atoms with Crippen LogP contribution in [-0.4, -0.2) is 13.0 Å². The van der Waals surface area contributed by atoms with Crippen molar-refractivity contribution in [2.45, 2.75) is 89.4 Å². The summed E-state index contributed by atoms with van der Waals surface area (Å²) in [5, 5.41) is 0. The van der Waals surface area contributed by atoms with Crippen molar-refractivity contribution in [1.29, 1.82) is 0 Å². The van der Waals surface area contributed by atoms with Gasteiger partial charge in [-0.3, -0.25) is 4.55 Å². The Hall–Kier alpha value is -0.870. The van der Waals surface area contributed by atoms with Crippen LogP contribution < -0.4 is 0 Å². The van der Waals surface area contributed by atoms with Crippen LogP contribution in [0.2, 0.25) is 0 Å². The lowest BCUT2D eigenvalue weighted by Crippen LogP contribution is -2.27. The molecule has 1 N–H and O–H groups in total. The van der Waals surface area contributed by atoms with E-state index in [1.54, 1.807) is 12.1 Å². The first-order chi connectivity index (χ1) is 10.8. The Kier molecular flexibility index (Phi) is 7.75. The highest BCUT2D eigenvalue weighted by molar-refractivity contribution is 7.85. The lowest BCUT2D eigenvalue weighted by atomic mass is 9.68. The average molecular weight is 341 g/mol. The fraction of sp³-hybridized carbons (Fsp3) is 0.684. The van der Waals surface area contributed by atoms with E-state index in [0.29, 0.717) is 0 Å². The van der Waals surface area contributed by atoms with Crippen LogP contribution in [0, 0.1) is 0 Å². The third-order valence-electron chi connectivity index (χ3n) is 4.65. The quantitative estimate of drug-likeness (QED) is 0.570. The second-order valence-corrected chi connectivity index (χ2v) is 8.00. The number of aryl methyl sites for hydroxylation is 1. The van der Waals surface area contributed by atoms with Gasteiger partial charge in [-0.1, -0.05) is 59.4 Å². The number of rotatable bonds is 10. The molecule has 1 rings (SSSR count). The van der Waals surface area contributed by atoms with Gasteiger partial charge in [-0.05, 0) is 54.4 Å². The van der Waals surface area contributed by atoms with E-state index in [9.17, 15) is 13.0 Å². The molecule has 0 spiro atoms. The Morgan fingerprint density at radius 2 is 1.43 bits per heavy atom. The van der Waals surface area contributed by atoms with E-state index in [1.165, 1.54) is 5.56 Å². The summed E-state index contributed by atoms with van der Waals surface area (Å²) in [6.07, 6.45) is 8.52. The lowest BCUT2D eigenvalue weighted by Gasteiger charge is -2.36. The Bertz CT molecular complexity index is 574. The van der Waals surface area contributed by atoms with Crippen LogP contribution >= 0.6 is 0 Å². The standard InChI is InChI=1S/C19H32O3S/c1-5-9-16-15-17(23(20,21)22)10-11-18(16)19(12-6-2,13-7-3)14-8-4/h10-11,15H,5-9,12-14H2,1-4H3,(H,20,21,22). The normalized spacial score (nSPS) is 12.6. The molecule has 23 heavy (non-hydrogen) atoms. The van der Waals surface area contributed by atoms with Gasteiger partial charge in [0.15, 0.2) is 0 Å². The van der Waals surface area contributed by atoms with Crippen molar-refractivity contribution in [2.75, 3.05) is 0 Å². The summed E-state index contributed by atoms with van der Waals surface area (Å²) in [4.78, 5) is 0.0168. The first-order valence-electron chi connectivity index (χ1n) is 8.95. The van der Waals surface area contributed by atoms with Crippen molar-refractivity contribution in [3.63, 3.8) is 0 Å². The van der Waals surface area contributed by atoms with Crippen molar-refractivity contribution in [3.8, 4) is 0 Å². The van der Waals surface area contributed by atoms with Gasteiger partial charge in [0.1, 0.15) is 0 Å². The molecule has 1 aromatic carbocycles. The van der Waals surface area contributed by atoms with Crippen LogP contribution in [0.4, 0.5) is 0 Å². The highest BCUT2D eigenvalue weighted by atomic mass is 32.2. The molecular formula is C19H32O3S. The molecule has 0 saturated carbocycles. The molecule has 0 radical (unpaired) electrons. The van der Waals surface area contributed by atoms with Crippen molar-refractivity contribution in [2.24, 2.45) is 0 Å². The van der Waals surface area contributed by atoms with Gasteiger partial charge in [0.25, 0.3) is 10.1 Å². The fourth-order valence-electron chi connectivity index (χ4n) is 3.94. The predicted octanol–water partition coefficient (Wildman–Crippen LogP) is 5.52. The Labute approximate surface area is 142 Å². The second-order valence-electron chi connectivity index (χ2n) is 6.57. The van der Waals surface area contributed by atoms with Gasteiger partial charge in [0.05, 0.1) is 4.90 Å². The molecule has 3 nitrogen and oxygen atoms in total. The van der Waals surface area contributed by atoms with Crippen molar-refractivity contribution < 1.29 is 13.0 Å². The SMILES string of the molecule is CCCc1cc(S(=O)(=O)O)ccc1C(CCC)(CCC)CCC. The van der Waals surface area contributed by atoms with Crippen LogP contribution in [-0.2, 0) is 22.0 Å². The largest absolute Gasteiger partial charge is 0.294 e. The summed E-state index contributed by atoms with van der Waals surface area (Å²) in [7, 11) is -4.14. The van der Waals surface area contributed by atoms with Gasteiger partial charge in [-0.15, -0.1) is 0 Å². The van der Waals surface area contributed by atoms with E-state index in [4.69, 9.17) is 0 Å². The molecule has 0 heterocycles. The minimum Gasteiger partial charge on any atom is -0.282 e. The molecule has 0 unspecified atom stereocenters. The first-order valence-corrected chi connectivity index (χ1v) is 10.4. The third-order valence-corrected chi connectivity index (χ3v) is 5.50. The van der Waals surface area contributed by atoms with Gasteiger partial charge in [0, 0.05) is 0 Å². The van der Waals surface area contributed by atoms with E-state index in [0.717, 1.165) is 56.9 Å². The molecule has 0 aromatic heterocycles. The van der Waals surface area contributed by atoms with E-state index in [-0.39, 0.29) is 10.3 Å². The highest BCUT2D eigenvalue weighted by Crippen LogP contribution is 2.41. The van der Waals surface area contributed by atoms with Crippen molar-refractivity contribution in [3.05, 3.63) is 29.3 Å². The molecule has 1 aromatic rings. The smallest absolute Gasteiger partial charge is 0.282 e. The number of hydrogen-bond acceptors (Lipinski definition) is 2. The Morgan fingerprint density at radius 3 is 1.83 bits per heavy atom. The lowest BCUT2D eigenvalue weighted by molar-refractivity contribution is 0.324. The molecule has 0 saturated heterocycles. The van der Waals surface area contributed by atoms with Gasteiger partial charge >= 0.3 is 0 Å². The summed E-state index contributed by atoms with van der Waals surface area (Å²) >= 11 is 0. The zero-order valence-electron chi connectivity index (χ0n) is 15.1. The highest BCUT2D eigenvalue weighted by Gasteiger charge is 2.32. The second kappa shape index (κ2) is 8.84. The Balaban J connectivity index is 3.50. The molecule has 4 heteroatoms. The summed E-state index contributed by atoms with van der Waals surface area (Å²) in [6.45, 7) is 8.75. The van der Waals surface area contributed by atoms with Crippen LogP contribution in [0.1, 0.15) is 83.8 Å². The minimum absolute atomic E-state index is 0.0168. The Morgan fingerprint density at radius 1 is 0.913 bits per heavy atom. The minimum atomic E-state index is -4.14. The molecular weight excluding hydrogens is 308 g/mol. The van der Waals surface area contributed by atoms with Gasteiger partial charge in [-0.2, -0.15) is 8.42 Å². The number of hydrogen-bond donors (Lipinski definition) is 1. The zero-order chi connectivity index (χ0) is 17.5. The molecule has 0 aliphatic rings. The van der Waals surface area contributed by atoms with Crippen LogP contribution in [0.25, 0.3) is 0 Å². The summed E-state index contributed by atoms with van der Waals surface area (Å²) in [5.74, 6) is 0. The molecule has 0 fully saturated rings.